The Morgan fingerprint density at radius 1 is 0.875 bits per heavy atom. The summed E-state index contributed by atoms with van der Waals surface area (Å²) in [6, 6.07) is 0. The molecule has 0 spiro atoms. The van der Waals surface area contributed by atoms with Crippen molar-refractivity contribution >= 4 is 72.8 Å². The van der Waals surface area contributed by atoms with Gasteiger partial charge in [-0.1, -0.05) is 0 Å². The molecular weight excluding hydrogens is 232 g/mol. The fourth-order valence-corrected chi connectivity index (χ4v) is 0.581. The van der Waals surface area contributed by atoms with Crippen molar-refractivity contribution in [2.24, 2.45) is 0 Å². The number of nitriles is 3. The molecule has 1 radical (unpaired) electrons. The van der Waals surface area contributed by atoms with Gasteiger partial charge in [0.2, 0.25) is 0 Å². The molecule has 3 nitrogen and oxygen atoms in total. The molecule has 0 rings (SSSR count). The molecule has 0 saturated heterocycles. The van der Waals surface area contributed by atoms with E-state index in [2.05, 4.69) is 0 Å². The molecule has 0 saturated carbocycles. The Labute approximate surface area is 97.8 Å². The van der Waals surface area contributed by atoms with Crippen LogP contribution < -0.4 is 0 Å². The van der Waals surface area contributed by atoms with Crippen LogP contribution >= 0.6 is 0 Å². The first-order valence-electron chi connectivity index (χ1n) is 1.54. The van der Waals surface area contributed by atoms with E-state index >= 15 is 0 Å². The molecule has 0 amide bonds. The van der Waals surface area contributed by atoms with Crippen LogP contribution in [-0.4, -0.2) is 72.8 Å². The Balaban J connectivity index is 0. The molecule has 0 aliphatic carbocycles. The second kappa shape index (κ2) is 7.98. The standard InChI is InChI=1S/3CN.In.K/c3*1-2;;. The normalized spacial score (nSPS) is 4.12. The van der Waals surface area contributed by atoms with Crippen LogP contribution in [0.5, 0.6) is 0 Å². The zero-order chi connectivity index (χ0) is 5.70. The summed E-state index contributed by atoms with van der Waals surface area (Å²) < 4.78 is 5.07. The van der Waals surface area contributed by atoms with Gasteiger partial charge in [-0.15, -0.1) is 0 Å². The number of nitrogens with zero attached hydrogens (tertiary/aromatic N) is 3. The van der Waals surface area contributed by atoms with Crippen molar-refractivity contribution in [1.29, 1.82) is 15.8 Å². The zero-order valence-electron chi connectivity index (χ0n) is 4.42. The third kappa shape index (κ3) is 5.12. The molecule has 0 aromatic rings. The van der Waals surface area contributed by atoms with Crippen LogP contribution in [0.25, 0.3) is 0 Å². The maximum Gasteiger partial charge on any atom is 0 e. The largest absolute Gasteiger partial charge is 0 e. The molecule has 5 heteroatoms. The second-order valence-electron chi connectivity index (χ2n) is 0.820. The van der Waals surface area contributed by atoms with Gasteiger partial charge in [0.05, 0.1) is 0 Å². The van der Waals surface area contributed by atoms with Crippen molar-refractivity contribution in [3.05, 3.63) is 0 Å². The minimum Gasteiger partial charge on any atom is 0 e. The van der Waals surface area contributed by atoms with Gasteiger partial charge >= 0.3 is 48.7 Å². The monoisotopic (exact) mass is 232 g/mol. The van der Waals surface area contributed by atoms with Crippen LogP contribution in [0.3, 0.4) is 0 Å². The Morgan fingerprint density at radius 3 is 1.12 bits per heavy atom. The molecule has 0 N–H and O–H groups in total. The number of hydrogen-bond acceptors (Lipinski definition) is 3. The Kier molecular flexibility index (Phi) is 11.7. The first-order chi connectivity index (χ1) is 3.35. The molecule has 0 aliphatic heterocycles. The minimum absolute atomic E-state index is 0. The van der Waals surface area contributed by atoms with Crippen LogP contribution in [0.1, 0.15) is 0 Å². The summed E-state index contributed by atoms with van der Waals surface area (Å²) in [5.74, 6) is 0. The first-order valence-corrected chi connectivity index (χ1v) is 6.48. The van der Waals surface area contributed by atoms with Crippen LogP contribution in [0, 0.1) is 27.3 Å². The average molecular weight is 232 g/mol. The fraction of sp³-hybridized carbons (Fsp3) is 0. The van der Waals surface area contributed by atoms with E-state index in [-0.39, 0.29) is 51.4 Å². The summed E-state index contributed by atoms with van der Waals surface area (Å²) in [5.41, 5.74) is 0. The molecule has 0 fully saturated rings. The summed E-state index contributed by atoms with van der Waals surface area (Å²) in [6.07, 6.45) is 0. The maximum absolute atomic E-state index is 7.92. The summed E-state index contributed by atoms with van der Waals surface area (Å²) in [4.78, 5) is 0. The van der Waals surface area contributed by atoms with Gasteiger partial charge in [-0.25, -0.2) is 0 Å². The molecule has 0 heterocycles. The van der Waals surface area contributed by atoms with E-state index in [9.17, 15) is 0 Å². The van der Waals surface area contributed by atoms with Crippen LogP contribution in [0.15, 0.2) is 0 Å². The second-order valence-corrected chi connectivity index (χ2v) is 5.50. The van der Waals surface area contributed by atoms with Crippen LogP contribution in [0.4, 0.5) is 0 Å². The zero-order valence-corrected chi connectivity index (χ0v) is 10.8. The summed E-state index contributed by atoms with van der Waals surface area (Å²) in [7, 11) is 0. The first kappa shape index (κ1) is 11.7. The van der Waals surface area contributed by atoms with Crippen molar-refractivity contribution in [3.63, 3.8) is 0 Å². The van der Waals surface area contributed by atoms with Gasteiger partial charge < -0.3 is 0 Å². The molecular formula is C3InKN3. The van der Waals surface area contributed by atoms with E-state index in [1.54, 1.807) is 11.5 Å². The summed E-state index contributed by atoms with van der Waals surface area (Å²) >= 11 is -2.85. The molecule has 0 atom stereocenters. The number of rotatable bonds is 0. The van der Waals surface area contributed by atoms with E-state index in [0.717, 1.165) is 0 Å². The summed E-state index contributed by atoms with van der Waals surface area (Å²) in [5, 5.41) is 23.8. The SMILES string of the molecule is N#[C][In]([C]#N)[C]#N.[K]. The van der Waals surface area contributed by atoms with E-state index < -0.39 is 21.4 Å². The van der Waals surface area contributed by atoms with E-state index in [1.165, 1.54) is 0 Å². The van der Waals surface area contributed by atoms with Crippen molar-refractivity contribution in [1.82, 2.24) is 0 Å². The van der Waals surface area contributed by atoms with Gasteiger partial charge in [-0.2, -0.15) is 0 Å². The third-order valence-electron chi connectivity index (χ3n) is 0.387. The van der Waals surface area contributed by atoms with E-state index in [1.807, 2.05) is 0 Å². The predicted molar refractivity (Wildman–Crippen MR) is 28.3 cm³/mol. The fourth-order valence-electron chi connectivity index (χ4n) is 0.0866. The van der Waals surface area contributed by atoms with Gasteiger partial charge in [0, 0.05) is 51.4 Å². The minimum atomic E-state index is -2.85. The molecule has 0 unspecified atom stereocenters. The summed E-state index contributed by atoms with van der Waals surface area (Å²) in [6.45, 7) is 0. The van der Waals surface area contributed by atoms with Crippen LogP contribution in [-0.2, 0) is 0 Å². The van der Waals surface area contributed by atoms with Gasteiger partial charge in [0.25, 0.3) is 0 Å². The van der Waals surface area contributed by atoms with E-state index in [0.29, 0.717) is 0 Å². The predicted octanol–water partition coefficient (Wildman–Crippen LogP) is -0.711. The van der Waals surface area contributed by atoms with E-state index in [4.69, 9.17) is 15.8 Å². The molecule has 0 aromatic heterocycles. The Morgan fingerprint density at radius 2 is 1.12 bits per heavy atom. The van der Waals surface area contributed by atoms with Crippen molar-refractivity contribution < 1.29 is 0 Å². The molecule has 31 valence electrons. The molecule has 0 bridgehead atoms. The van der Waals surface area contributed by atoms with Gasteiger partial charge in [-0.05, 0) is 0 Å². The van der Waals surface area contributed by atoms with Gasteiger partial charge in [0.15, 0.2) is 0 Å². The Hall–Kier alpha value is 0.976. The number of hydrogen-bond donors (Lipinski definition) is 0. The van der Waals surface area contributed by atoms with Gasteiger partial charge in [0.1, 0.15) is 0 Å². The maximum atomic E-state index is 7.92. The third-order valence-corrected chi connectivity index (χ3v) is 2.60. The quantitative estimate of drug-likeness (QED) is 0.518. The average Bonchev–Trinajstić information content (AvgIpc) is 1.72. The van der Waals surface area contributed by atoms with Gasteiger partial charge in [-0.3, -0.25) is 0 Å². The van der Waals surface area contributed by atoms with Crippen LogP contribution in [0.2, 0.25) is 0 Å². The smallest absolute Gasteiger partial charge is 0 e. The van der Waals surface area contributed by atoms with Crippen molar-refractivity contribution in [3.8, 4) is 11.5 Å². The van der Waals surface area contributed by atoms with Crippen molar-refractivity contribution in [2.75, 3.05) is 0 Å². The molecule has 8 heavy (non-hydrogen) atoms. The van der Waals surface area contributed by atoms with Crippen molar-refractivity contribution in [2.45, 2.75) is 0 Å². The Bertz CT molecular complexity index is 137. The molecule has 0 aliphatic rings. The topological polar surface area (TPSA) is 71.4 Å². The molecule has 0 aromatic carbocycles.